The molecule has 0 N–H and O–H groups in total. The summed E-state index contributed by atoms with van der Waals surface area (Å²) in [4.78, 5) is 28.1. The van der Waals surface area contributed by atoms with Crippen LogP contribution in [-0.2, 0) is 11.3 Å². The first-order valence-electron chi connectivity index (χ1n) is 9.86. The minimum absolute atomic E-state index is 0.000137. The van der Waals surface area contributed by atoms with Gasteiger partial charge in [-0.3, -0.25) is 9.36 Å². The Morgan fingerprint density at radius 2 is 1.79 bits per heavy atom. The Labute approximate surface area is 162 Å². The van der Waals surface area contributed by atoms with Crippen molar-refractivity contribution in [2.24, 2.45) is 0 Å². The molecule has 1 saturated carbocycles. The first-order valence-corrected chi connectivity index (χ1v) is 9.86. The van der Waals surface area contributed by atoms with Crippen LogP contribution in [0.5, 0.6) is 0 Å². The van der Waals surface area contributed by atoms with E-state index in [9.17, 15) is 4.79 Å². The Morgan fingerprint density at radius 3 is 2.50 bits per heavy atom. The third-order valence-corrected chi connectivity index (χ3v) is 5.78. The van der Waals surface area contributed by atoms with Crippen molar-refractivity contribution in [2.75, 3.05) is 13.7 Å². The molecule has 5 rings (SSSR count). The lowest BCUT2D eigenvalue weighted by Gasteiger charge is -2.16. The first kappa shape index (κ1) is 17.3. The Balaban J connectivity index is 1.89. The number of aromatic nitrogens is 5. The van der Waals surface area contributed by atoms with Crippen molar-refractivity contribution in [1.82, 2.24) is 24.1 Å². The number of ether oxygens (including phenoxy) is 1. The molecule has 0 spiro atoms. The molecule has 1 aliphatic rings. The maximum Gasteiger partial charge on any atom is 0.265 e. The van der Waals surface area contributed by atoms with Gasteiger partial charge in [-0.15, -0.1) is 0 Å². The van der Waals surface area contributed by atoms with Gasteiger partial charge in [-0.1, -0.05) is 25.0 Å². The molecule has 1 fully saturated rings. The predicted molar refractivity (Wildman–Crippen MR) is 109 cm³/mol. The highest BCUT2D eigenvalue weighted by molar-refractivity contribution is 6.04. The molecule has 7 nitrogen and oxygen atoms in total. The smallest absolute Gasteiger partial charge is 0.265 e. The maximum atomic E-state index is 13.6. The molecule has 0 amide bonds. The zero-order valence-corrected chi connectivity index (χ0v) is 16.2. The molecule has 0 bridgehead atoms. The van der Waals surface area contributed by atoms with Crippen molar-refractivity contribution in [3.05, 3.63) is 40.4 Å². The van der Waals surface area contributed by atoms with E-state index in [0.29, 0.717) is 35.3 Å². The number of para-hydroxylation sites is 2. The minimum Gasteiger partial charge on any atom is -0.383 e. The summed E-state index contributed by atoms with van der Waals surface area (Å²) in [5.41, 5.74) is 3.57. The van der Waals surface area contributed by atoms with Gasteiger partial charge in [-0.05, 0) is 31.9 Å². The van der Waals surface area contributed by atoms with Crippen LogP contribution in [-0.4, -0.2) is 37.8 Å². The largest absolute Gasteiger partial charge is 0.383 e. The van der Waals surface area contributed by atoms with E-state index in [1.165, 1.54) is 0 Å². The number of hydrogen-bond acceptors (Lipinski definition) is 5. The summed E-state index contributed by atoms with van der Waals surface area (Å²) in [5.74, 6) is 0.760. The van der Waals surface area contributed by atoms with Crippen molar-refractivity contribution in [3.8, 4) is 0 Å². The van der Waals surface area contributed by atoms with Crippen LogP contribution in [0.25, 0.3) is 33.2 Å². The van der Waals surface area contributed by atoms with E-state index in [0.717, 1.165) is 42.5 Å². The van der Waals surface area contributed by atoms with Gasteiger partial charge in [0.2, 0.25) is 0 Å². The lowest BCUT2D eigenvalue weighted by molar-refractivity contribution is 0.189. The molecule has 1 aliphatic carbocycles. The normalized spacial score (nSPS) is 15.4. The molecule has 28 heavy (non-hydrogen) atoms. The zero-order chi connectivity index (χ0) is 19.3. The second kappa shape index (κ2) is 6.67. The van der Waals surface area contributed by atoms with Crippen LogP contribution < -0.4 is 5.56 Å². The molecular weight excluding hydrogens is 354 g/mol. The van der Waals surface area contributed by atoms with E-state index >= 15 is 0 Å². The molecule has 4 aromatic rings. The number of rotatable bonds is 4. The first-order chi connectivity index (χ1) is 13.7. The van der Waals surface area contributed by atoms with Crippen LogP contribution in [0, 0.1) is 6.92 Å². The average molecular weight is 377 g/mol. The Bertz CT molecular complexity index is 1250. The van der Waals surface area contributed by atoms with Gasteiger partial charge in [0.15, 0.2) is 11.3 Å². The maximum absolute atomic E-state index is 13.6. The van der Waals surface area contributed by atoms with Gasteiger partial charge in [-0.2, -0.15) is 0 Å². The SMILES string of the molecule is COCCn1c2nc3ccccc3nc2c2c(=O)n(C3CCCC3)c(C)nc21. The van der Waals surface area contributed by atoms with Crippen LogP contribution in [0.3, 0.4) is 0 Å². The second-order valence-corrected chi connectivity index (χ2v) is 7.50. The van der Waals surface area contributed by atoms with Crippen molar-refractivity contribution in [2.45, 2.75) is 45.2 Å². The highest BCUT2D eigenvalue weighted by Gasteiger charge is 2.25. The van der Waals surface area contributed by atoms with Gasteiger partial charge in [0.05, 0.1) is 17.6 Å². The Hall–Kier alpha value is -2.80. The highest BCUT2D eigenvalue weighted by atomic mass is 16.5. The zero-order valence-electron chi connectivity index (χ0n) is 16.2. The molecular formula is C21H23N5O2. The van der Waals surface area contributed by atoms with Gasteiger partial charge in [0.25, 0.3) is 5.56 Å². The quantitative estimate of drug-likeness (QED) is 0.545. The molecule has 0 atom stereocenters. The molecule has 7 heteroatoms. The van der Waals surface area contributed by atoms with Gasteiger partial charge < -0.3 is 9.30 Å². The Morgan fingerprint density at radius 1 is 1.07 bits per heavy atom. The molecule has 144 valence electrons. The second-order valence-electron chi connectivity index (χ2n) is 7.50. The summed E-state index contributed by atoms with van der Waals surface area (Å²) >= 11 is 0. The number of fused-ring (bicyclic) bond motifs is 4. The van der Waals surface area contributed by atoms with Crippen molar-refractivity contribution >= 4 is 33.2 Å². The van der Waals surface area contributed by atoms with Crippen molar-refractivity contribution in [1.29, 1.82) is 0 Å². The lowest BCUT2D eigenvalue weighted by Crippen LogP contribution is -2.27. The number of nitrogens with zero attached hydrogens (tertiary/aromatic N) is 5. The van der Waals surface area contributed by atoms with E-state index in [4.69, 9.17) is 19.7 Å². The number of aryl methyl sites for hydroxylation is 1. The van der Waals surface area contributed by atoms with E-state index < -0.39 is 0 Å². The number of benzene rings is 1. The molecule has 3 heterocycles. The molecule has 1 aromatic carbocycles. The van der Waals surface area contributed by atoms with E-state index in [2.05, 4.69) is 0 Å². The summed E-state index contributed by atoms with van der Waals surface area (Å²) in [7, 11) is 1.67. The molecule has 0 aliphatic heterocycles. The third-order valence-electron chi connectivity index (χ3n) is 5.78. The fraction of sp³-hybridized carbons (Fsp3) is 0.429. The van der Waals surface area contributed by atoms with E-state index in [-0.39, 0.29) is 11.6 Å². The fourth-order valence-electron chi connectivity index (χ4n) is 4.46. The van der Waals surface area contributed by atoms with Gasteiger partial charge in [0, 0.05) is 19.7 Å². The number of hydrogen-bond donors (Lipinski definition) is 0. The summed E-state index contributed by atoms with van der Waals surface area (Å²) in [6, 6.07) is 7.98. The van der Waals surface area contributed by atoms with Gasteiger partial charge in [-0.25, -0.2) is 15.0 Å². The van der Waals surface area contributed by atoms with Crippen LogP contribution >= 0.6 is 0 Å². The monoisotopic (exact) mass is 377 g/mol. The highest BCUT2D eigenvalue weighted by Crippen LogP contribution is 2.31. The molecule has 0 saturated heterocycles. The third kappa shape index (κ3) is 2.53. The van der Waals surface area contributed by atoms with Gasteiger partial charge in [0.1, 0.15) is 16.7 Å². The molecule has 0 unspecified atom stereocenters. The lowest BCUT2D eigenvalue weighted by atomic mass is 10.2. The molecule has 3 aromatic heterocycles. The van der Waals surface area contributed by atoms with Crippen LogP contribution in [0.2, 0.25) is 0 Å². The minimum atomic E-state index is 0.000137. The standard InChI is InChI=1S/C21H23N5O2/c1-13-22-19-17(21(27)26(13)14-7-3-4-8-14)18-20(25(19)11-12-28-2)24-16-10-6-5-9-15(16)23-18/h5-6,9-10,14H,3-4,7-8,11-12H2,1-2H3. The predicted octanol–water partition coefficient (Wildman–Crippen LogP) is 3.36. The van der Waals surface area contributed by atoms with E-state index in [1.54, 1.807) is 7.11 Å². The van der Waals surface area contributed by atoms with Gasteiger partial charge >= 0.3 is 0 Å². The summed E-state index contributed by atoms with van der Waals surface area (Å²) < 4.78 is 9.14. The summed E-state index contributed by atoms with van der Waals surface area (Å²) in [6.45, 7) is 3.01. The van der Waals surface area contributed by atoms with Crippen LogP contribution in [0.4, 0.5) is 0 Å². The number of methoxy groups -OCH3 is 1. The summed E-state index contributed by atoms with van der Waals surface area (Å²) in [5, 5.41) is 0.571. The Kier molecular flexibility index (Phi) is 4.12. The van der Waals surface area contributed by atoms with Crippen molar-refractivity contribution in [3.63, 3.8) is 0 Å². The van der Waals surface area contributed by atoms with E-state index in [1.807, 2.05) is 40.3 Å². The average Bonchev–Trinajstić information content (AvgIpc) is 3.31. The molecule has 0 radical (unpaired) electrons. The fourth-order valence-corrected chi connectivity index (χ4v) is 4.46. The van der Waals surface area contributed by atoms with Crippen LogP contribution in [0.1, 0.15) is 37.5 Å². The summed E-state index contributed by atoms with van der Waals surface area (Å²) in [6.07, 6.45) is 4.39. The van der Waals surface area contributed by atoms with Crippen molar-refractivity contribution < 1.29 is 4.74 Å². The topological polar surface area (TPSA) is 74.8 Å². The van der Waals surface area contributed by atoms with Crippen LogP contribution in [0.15, 0.2) is 29.1 Å².